The summed E-state index contributed by atoms with van der Waals surface area (Å²) in [7, 11) is 0. The number of ether oxygens (including phenoxy) is 1. The van der Waals surface area contributed by atoms with Crippen LogP contribution in [0.5, 0.6) is 5.75 Å². The maximum absolute atomic E-state index is 12.0. The Bertz CT molecular complexity index is 397. The molecule has 1 amide bonds. The lowest BCUT2D eigenvalue weighted by Crippen LogP contribution is -2.41. The number of carbonyl (C=O) groups is 1. The van der Waals surface area contributed by atoms with Crippen molar-refractivity contribution < 1.29 is 9.53 Å². The number of rotatable bonds is 6. The predicted molar refractivity (Wildman–Crippen MR) is 80.5 cm³/mol. The summed E-state index contributed by atoms with van der Waals surface area (Å²) in [6, 6.07) is 9.92. The van der Waals surface area contributed by atoms with Gasteiger partial charge in [0.1, 0.15) is 11.9 Å². The molecule has 0 spiro atoms. The van der Waals surface area contributed by atoms with Gasteiger partial charge in [0.25, 0.3) is 0 Å². The Morgan fingerprint density at radius 3 is 2.55 bits per heavy atom. The summed E-state index contributed by atoms with van der Waals surface area (Å²) >= 11 is 0. The Balaban J connectivity index is 1.71. The van der Waals surface area contributed by atoms with E-state index in [0.717, 1.165) is 50.9 Å². The summed E-state index contributed by atoms with van der Waals surface area (Å²) in [5, 5.41) is 0. The second-order valence-electron chi connectivity index (χ2n) is 5.32. The van der Waals surface area contributed by atoms with Crippen molar-refractivity contribution in [2.24, 2.45) is 0 Å². The summed E-state index contributed by atoms with van der Waals surface area (Å²) in [6.45, 7) is 5.44. The standard InChI is InChI=1S/C17H24NO2/c1-2-3-5-10-17(19)18-13-11-16(12-14-18)20-15-8-6-4-7-9-15/h4,6-9,16H,1-3,5,10-14H2. The summed E-state index contributed by atoms with van der Waals surface area (Å²) in [4.78, 5) is 14.0. The van der Waals surface area contributed by atoms with Crippen LogP contribution in [-0.2, 0) is 4.79 Å². The number of amides is 1. The second kappa shape index (κ2) is 7.93. The molecule has 1 fully saturated rings. The van der Waals surface area contributed by atoms with Crippen LogP contribution in [0.15, 0.2) is 30.3 Å². The first-order valence-corrected chi connectivity index (χ1v) is 7.58. The van der Waals surface area contributed by atoms with Gasteiger partial charge >= 0.3 is 0 Å². The Hall–Kier alpha value is -1.51. The molecule has 109 valence electrons. The maximum atomic E-state index is 12.0. The number of piperidine rings is 1. The number of hydrogen-bond acceptors (Lipinski definition) is 2. The average molecular weight is 274 g/mol. The van der Waals surface area contributed by atoms with Gasteiger partial charge in [0, 0.05) is 32.4 Å². The third-order valence-electron chi connectivity index (χ3n) is 3.73. The van der Waals surface area contributed by atoms with Crippen LogP contribution in [0.3, 0.4) is 0 Å². The number of benzene rings is 1. The minimum Gasteiger partial charge on any atom is -0.490 e. The molecule has 1 saturated heterocycles. The molecule has 1 heterocycles. The lowest BCUT2D eigenvalue weighted by Gasteiger charge is -2.32. The number of hydrogen-bond donors (Lipinski definition) is 0. The zero-order valence-corrected chi connectivity index (χ0v) is 12.1. The van der Waals surface area contributed by atoms with E-state index >= 15 is 0 Å². The highest BCUT2D eigenvalue weighted by Gasteiger charge is 2.23. The van der Waals surface area contributed by atoms with E-state index in [-0.39, 0.29) is 12.0 Å². The fourth-order valence-electron chi connectivity index (χ4n) is 2.53. The van der Waals surface area contributed by atoms with Gasteiger partial charge in [-0.3, -0.25) is 4.79 Å². The van der Waals surface area contributed by atoms with Crippen molar-refractivity contribution in [2.75, 3.05) is 13.1 Å². The van der Waals surface area contributed by atoms with E-state index in [1.807, 2.05) is 35.2 Å². The third-order valence-corrected chi connectivity index (χ3v) is 3.73. The van der Waals surface area contributed by atoms with E-state index in [1.165, 1.54) is 0 Å². The highest BCUT2D eigenvalue weighted by Crippen LogP contribution is 2.19. The first-order valence-electron chi connectivity index (χ1n) is 7.58. The largest absolute Gasteiger partial charge is 0.490 e. The lowest BCUT2D eigenvalue weighted by atomic mass is 10.1. The predicted octanol–water partition coefficient (Wildman–Crippen LogP) is 3.45. The molecule has 1 radical (unpaired) electrons. The molecule has 0 N–H and O–H groups in total. The zero-order chi connectivity index (χ0) is 14.2. The normalized spacial score (nSPS) is 16.1. The summed E-state index contributed by atoms with van der Waals surface area (Å²) in [6.07, 6.45) is 5.68. The van der Waals surface area contributed by atoms with Crippen molar-refractivity contribution in [1.82, 2.24) is 4.90 Å². The molecular formula is C17H24NO2. The summed E-state index contributed by atoms with van der Waals surface area (Å²) in [5.41, 5.74) is 0. The van der Waals surface area contributed by atoms with E-state index in [1.54, 1.807) is 0 Å². The fourth-order valence-corrected chi connectivity index (χ4v) is 2.53. The van der Waals surface area contributed by atoms with Gasteiger partial charge in [0.2, 0.25) is 5.91 Å². The number of nitrogens with zero attached hydrogens (tertiary/aromatic N) is 1. The van der Waals surface area contributed by atoms with Crippen LogP contribution in [-0.4, -0.2) is 30.0 Å². The average Bonchev–Trinajstić information content (AvgIpc) is 2.49. The maximum Gasteiger partial charge on any atom is 0.222 e. The minimum atomic E-state index is 0.237. The van der Waals surface area contributed by atoms with Crippen molar-refractivity contribution in [2.45, 2.75) is 44.6 Å². The molecule has 1 aromatic carbocycles. The molecule has 1 aliphatic heterocycles. The topological polar surface area (TPSA) is 29.5 Å². The van der Waals surface area contributed by atoms with E-state index in [4.69, 9.17) is 4.74 Å². The van der Waals surface area contributed by atoms with Gasteiger partial charge in [0.15, 0.2) is 0 Å². The first kappa shape index (κ1) is 14.9. The summed E-state index contributed by atoms with van der Waals surface area (Å²) in [5.74, 6) is 1.21. The van der Waals surface area contributed by atoms with Gasteiger partial charge in [-0.25, -0.2) is 0 Å². The molecule has 2 rings (SSSR count). The molecule has 0 saturated carbocycles. The summed E-state index contributed by atoms with van der Waals surface area (Å²) < 4.78 is 5.94. The van der Waals surface area contributed by atoms with E-state index in [2.05, 4.69) is 6.92 Å². The van der Waals surface area contributed by atoms with Crippen LogP contribution in [0.25, 0.3) is 0 Å². The monoisotopic (exact) mass is 274 g/mol. The number of likely N-dealkylation sites (tertiary alicyclic amines) is 1. The van der Waals surface area contributed by atoms with E-state index in [0.29, 0.717) is 6.42 Å². The highest BCUT2D eigenvalue weighted by molar-refractivity contribution is 5.76. The van der Waals surface area contributed by atoms with E-state index in [9.17, 15) is 4.79 Å². The van der Waals surface area contributed by atoms with Crippen LogP contribution < -0.4 is 4.74 Å². The molecule has 0 atom stereocenters. The molecule has 0 aliphatic carbocycles. The van der Waals surface area contributed by atoms with Crippen LogP contribution >= 0.6 is 0 Å². The quantitative estimate of drug-likeness (QED) is 0.744. The Morgan fingerprint density at radius 1 is 1.20 bits per heavy atom. The van der Waals surface area contributed by atoms with Crippen LogP contribution in [0.1, 0.15) is 38.5 Å². The fraction of sp³-hybridized carbons (Fsp3) is 0.529. The minimum absolute atomic E-state index is 0.237. The van der Waals surface area contributed by atoms with Crippen molar-refractivity contribution >= 4 is 5.91 Å². The SMILES string of the molecule is [CH2]CCCCC(=O)N1CCC(Oc2ccccc2)CC1. The van der Waals surface area contributed by atoms with Gasteiger partial charge in [-0.15, -0.1) is 0 Å². The van der Waals surface area contributed by atoms with Crippen LogP contribution in [0, 0.1) is 6.92 Å². The van der Waals surface area contributed by atoms with Crippen molar-refractivity contribution in [3.05, 3.63) is 37.3 Å². The van der Waals surface area contributed by atoms with Gasteiger partial charge in [-0.05, 0) is 18.6 Å². The molecule has 1 aliphatic rings. The molecule has 1 aromatic rings. The molecule has 0 aromatic heterocycles. The third kappa shape index (κ3) is 4.55. The van der Waals surface area contributed by atoms with Gasteiger partial charge in [-0.1, -0.05) is 38.0 Å². The van der Waals surface area contributed by atoms with Crippen molar-refractivity contribution in [1.29, 1.82) is 0 Å². The zero-order valence-electron chi connectivity index (χ0n) is 12.1. The van der Waals surface area contributed by atoms with Crippen molar-refractivity contribution in [3.8, 4) is 5.75 Å². The molecule has 3 heteroatoms. The molecule has 0 unspecified atom stereocenters. The highest BCUT2D eigenvalue weighted by atomic mass is 16.5. The van der Waals surface area contributed by atoms with Gasteiger partial charge in [0.05, 0.1) is 0 Å². The number of para-hydroxylation sites is 1. The smallest absolute Gasteiger partial charge is 0.222 e. The van der Waals surface area contributed by atoms with Gasteiger partial charge < -0.3 is 9.64 Å². The Labute approximate surface area is 121 Å². The Morgan fingerprint density at radius 2 is 1.90 bits per heavy atom. The molecule has 20 heavy (non-hydrogen) atoms. The van der Waals surface area contributed by atoms with Crippen molar-refractivity contribution in [3.63, 3.8) is 0 Å². The molecule has 3 nitrogen and oxygen atoms in total. The van der Waals surface area contributed by atoms with Crippen LogP contribution in [0.4, 0.5) is 0 Å². The Kier molecular flexibility index (Phi) is 5.90. The number of unbranched alkanes of at least 4 members (excludes halogenated alkanes) is 2. The molecular weight excluding hydrogens is 250 g/mol. The second-order valence-corrected chi connectivity index (χ2v) is 5.32. The molecule has 0 bridgehead atoms. The van der Waals surface area contributed by atoms with Gasteiger partial charge in [-0.2, -0.15) is 0 Å². The van der Waals surface area contributed by atoms with E-state index < -0.39 is 0 Å². The number of carbonyl (C=O) groups excluding carboxylic acids is 1. The first-order chi connectivity index (χ1) is 9.79. The lowest BCUT2D eigenvalue weighted by molar-refractivity contribution is -0.133. The van der Waals surface area contributed by atoms with Crippen LogP contribution in [0.2, 0.25) is 0 Å².